The van der Waals surface area contributed by atoms with Crippen LogP contribution in [0.3, 0.4) is 0 Å². The molecule has 2 aromatic carbocycles. The van der Waals surface area contributed by atoms with E-state index in [9.17, 15) is 4.79 Å². The Labute approximate surface area is 119 Å². The maximum Gasteiger partial charge on any atom is 0.339 e. The normalized spacial score (nSPS) is 9.75. The van der Waals surface area contributed by atoms with Gasteiger partial charge in [0, 0.05) is 11.1 Å². The van der Waals surface area contributed by atoms with Crippen molar-refractivity contribution in [1.29, 1.82) is 0 Å². The smallest absolute Gasteiger partial charge is 0.339 e. The molecule has 2 rings (SSSR count). The van der Waals surface area contributed by atoms with Crippen molar-refractivity contribution in [1.82, 2.24) is 0 Å². The number of ether oxygens (including phenoxy) is 1. The summed E-state index contributed by atoms with van der Waals surface area (Å²) in [4.78, 5) is 12.0. The molecule has 0 fully saturated rings. The Bertz CT molecular complexity index is 646. The van der Waals surface area contributed by atoms with Gasteiger partial charge < -0.3 is 4.74 Å². The molecule has 0 saturated carbocycles. The third-order valence-corrected chi connectivity index (χ3v) is 2.61. The van der Waals surface area contributed by atoms with Crippen LogP contribution in [0.2, 0.25) is 0 Å². The summed E-state index contributed by atoms with van der Waals surface area (Å²) in [5.41, 5.74) is 2.10. The molecule has 0 atom stereocenters. The van der Waals surface area contributed by atoms with Gasteiger partial charge in [0.05, 0.1) is 11.7 Å². The lowest BCUT2D eigenvalue weighted by Gasteiger charge is -2.08. The lowest BCUT2D eigenvalue weighted by atomic mass is 10.1. The number of esters is 1. The van der Waals surface area contributed by atoms with Crippen LogP contribution in [0.4, 0.5) is 0 Å². The highest BCUT2D eigenvalue weighted by Crippen LogP contribution is 2.10. The molecule has 2 heteroatoms. The first kappa shape index (κ1) is 13.9. The van der Waals surface area contributed by atoms with Crippen molar-refractivity contribution in [3.8, 4) is 11.8 Å². The molecule has 0 N–H and O–H groups in total. The minimum atomic E-state index is -0.335. The van der Waals surface area contributed by atoms with Crippen molar-refractivity contribution in [2.45, 2.75) is 20.0 Å². The first-order valence-corrected chi connectivity index (χ1v) is 6.54. The molecule has 0 aliphatic rings. The van der Waals surface area contributed by atoms with Gasteiger partial charge in [0.15, 0.2) is 0 Å². The van der Waals surface area contributed by atoms with Crippen molar-refractivity contribution in [3.63, 3.8) is 0 Å². The molecule has 0 radical (unpaired) electrons. The minimum absolute atomic E-state index is 0.141. The topological polar surface area (TPSA) is 26.3 Å². The van der Waals surface area contributed by atoms with E-state index >= 15 is 0 Å². The van der Waals surface area contributed by atoms with Gasteiger partial charge in [-0.3, -0.25) is 0 Å². The maximum absolute atomic E-state index is 12.0. The Balaban J connectivity index is 2.29. The molecule has 20 heavy (non-hydrogen) atoms. The fourth-order valence-corrected chi connectivity index (χ4v) is 1.71. The van der Waals surface area contributed by atoms with Gasteiger partial charge in [-0.25, -0.2) is 4.79 Å². The number of rotatable bonds is 2. The van der Waals surface area contributed by atoms with Crippen LogP contribution in [-0.2, 0) is 4.74 Å². The molecular weight excluding hydrogens is 248 g/mol. The van der Waals surface area contributed by atoms with Crippen LogP contribution in [0, 0.1) is 11.8 Å². The third-order valence-electron chi connectivity index (χ3n) is 2.61. The second-order valence-electron chi connectivity index (χ2n) is 4.62. The molecule has 0 aliphatic heterocycles. The molecule has 0 spiro atoms. The zero-order chi connectivity index (χ0) is 14.4. The van der Waals surface area contributed by atoms with E-state index in [1.807, 2.05) is 62.4 Å². The maximum atomic E-state index is 12.0. The van der Waals surface area contributed by atoms with Crippen molar-refractivity contribution in [2.24, 2.45) is 0 Å². The monoisotopic (exact) mass is 264 g/mol. The Morgan fingerprint density at radius 2 is 1.60 bits per heavy atom. The summed E-state index contributed by atoms with van der Waals surface area (Å²) >= 11 is 0. The van der Waals surface area contributed by atoms with E-state index < -0.39 is 0 Å². The van der Waals surface area contributed by atoms with E-state index in [1.54, 1.807) is 6.07 Å². The van der Waals surface area contributed by atoms with Crippen molar-refractivity contribution < 1.29 is 9.53 Å². The van der Waals surface area contributed by atoms with Crippen LogP contribution in [0.5, 0.6) is 0 Å². The van der Waals surface area contributed by atoms with Gasteiger partial charge in [-0.1, -0.05) is 42.2 Å². The van der Waals surface area contributed by atoms with Gasteiger partial charge in [0.25, 0.3) is 0 Å². The second-order valence-corrected chi connectivity index (χ2v) is 4.62. The number of hydrogen-bond donors (Lipinski definition) is 0. The molecule has 0 aromatic heterocycles. The third kappa shape index (κ3) is 3.73. The van der Waals surface area contributed by atoms with Crippen LogP contribution >= 0.6 is 0 Å². The van der Waals surface area contributed by atoms with Gasteiger partial charge in [-0.15, -0.1) is 0 Å². The molecule has 0 unspecified atom stereocenters. The highest BCUT2D eigenvalue weighted by molar-refractivity contribution is 5.92. The Hall–Kier alpha value is -2.53. The summed E-state index contributed by atoms with van der Waals surface area (Å²) in [7, 11) is 0. The molecule has 2 nitrogen and oxygen atoms in total. The quantitative estimate of drug-likeness (QED) is 0.611. The number of benzene rings is 2. The molecule has 0 amide bonds. The number of carbonyl (C=O) groups excluding carboxylic acids is 1. The van der Waals surface area contributed by atoms with E-state index in [-0.39, 0.29) is 12.1 Å². The van der Waals surface area contributed by atoms with Crippen LogP contribution in [0.15, 0.2) is 54.6 Å². The van der Waals surface area contributed by atoms with E-state index in [1.165, 1.54) is 0 Å². The SMILES string of the molecule is CC(C)OC(=O)c1ccccc1C#Cc1ccccc1. The van der Waals surface area contributed by atoms with Gasteiger partial charge in [0.2, 0.25) is 0 Å². The predicted molar refractivity (Wildman–Crippen MR) is 79.4 cm³/mol. The molecule has 100 valence electrons. The average Bonchev–Trinajstić information content (AvgIpc) is 2.46. The zero-order valence-electron chi connectivity index (χ0n) is 11.6. The van der Waals surface area contributed by atoms with Crippen LogP contribution in [-0.4, -0.2) is 12.1 Å². The molecule has 0 saturated heterocycles. The zero-order valence-corrected chi connectivity index (χ0v) is 11.6. The summed E-state index contributed by atoms with van der Waals surface area (Å²) in [5.74, 6) is 5.75. The van der Waals surface area contributed by atoms with Gasteiger partial charge in [0.1, 0.15) is 0 Å². The molecule has 0 aliphatic carbocycles. The Morgan fingerprint density at radius 1 is 0.950 bits per heavy atom. The summed E-state index contributed by atoms with van der Waals surface area (Å²) < 4.78 is 5.22. The first-order valence-electron chi connectivity index (χ1n) is 6.54. The number of carbonyl (C=O) groups is 1. The van der Waals surface area contributed by atoms with E-state index in [2.05, 4.69) is 11.8 Å². The van der Waals surface area contributed by atoms with E-state index in [0.29, 0.717) is 11.1 Å². The van der Waals surface area contributed by atoms with Crippen molar-refractivity contribution in [2.75, 3.05) is 0 Å². The van der Waals surface area contributed by atoms with Crippen molar-refractivity contribution in [3.05, 3.63) is 71.3 Å². The van der Waals surface area contributed by atoms with E-state index in [4.69, 9.17) is 4.74 Å². The van der Waals surface area contributed by atoms with Gasteiger partial charge in [-0.05, 0) is 38.1 Å². The lowest BCUT2D eigenvalue weighted by molar-refractivity contribution is 0.0377. The minimum Gasteiger partial charge on any atom is -0.459 e. The number of hydrogen-bond acceptors (Lipinski definition) is 2. The highest BCUT2D eigenvalue weighted by atomic mass is 16.5. The predicted octanol–water partition coefficient (Wildman–Crippen LogP) is 3.65. The second kappa shape index (κ2) is 6.58. The Morgan fingerprint density at radius 3 is 2.30 bits per heavy atom. The Kier molecular flexibility index (Phi) is 4.57. The molecule has 0 heterocycles. The average molecular weight is 264 g/mol. The standard InChI is InChI=1S/C18H16O2/c1-14(2)20-18(19)17-11-7-6-10-16(17)13-12-15-8-4-3-5-9-15/h3-11,14H,1-2H3. The fourth-order valence-electron chi connectivity index (χ4n) is 1.71. The van der Waals surface area contributed by atoms with Crippen LogP contribution in [0.25, 0.3) is 0 Å². The molecule has 2 aromatic rings. The summed E-state index contributed by atoms with van der Waals surface area (Å²) in [6.07, 6.45) is -0.141. The van der Waals surface area contributed by atoms with E-state index in [0.717, 1.165) is 5.56 Å². The molecular formula is C18H16O2. The largest absolute Gasteiger partial charge is 0.459 e. The van der Waals surface area contributed by atoms with Gasteiger partial charge in [-0.2, -0.15) is 0 Å². The van der Waals surface area contributed by atoms with Crippen LogP contribution < -0.4 is 0 Å². The molecule has 0 bridgehead atoms. The first-order chi connectivity index (χ1) is 9.66. The van der Waals surface area contributed by atoms with Gasteiger partial charge >= 0.3 is 5.97 Å². The van der Waals surface area contributed by atoms with Crippen molar-refractivity contribution >= 4 is 5.97 Å². The summed E-state index contributed by atoms with van der Waals surface area (Å²) in [6.45, 7) is 3.66. The van der Waals surface area contributed by atoms with Crippen LogP contribution in [0.1, 0.15) is 35.3 Å². The fraction of sp³-hybridized carbons (Fsp3) is 0.167. The summed E-state index contributed by atoms with van der Waals surface area (Å²) in [5, 5.41) is 0. The highest BCUT2D eigenvalue weighted by Gasteiger charge is 2.12. The summed E-state index contributed by atoms with van der Waals surface area (Å²) in [6, 6.07) is 16.9. The lowest BCUT2D eigenvalue weighted by Crippen LogP contribution is -2.12.